The normalized spacial score (nSPS) is 15.7. The minimum atomic E-state index is -0.498. The topological polar surface area (TPSA) is 44.2 Å². The zero-order valence-corrected chi connectivity index (χ0v) is 25.9. The van der Waals surface area contributed by atoms with E-state index >= 15 is 0 Å². The SMILES string of the molecule is CC1(C)OB(c2cc(-c3cccnc3)cc(-c3cc4c(-c5ccccc5)nc5ccccc5c4c4ccccc34)c2)OC1(C)C. The predicted molar refractivity (Wildman–Crippen MR) is 187 cm³/mol. The third kappa shape index (κ3) is 4.62. The monoisotopic (exact) mass is 584 g/mol. The van der Waals surface area contributed by atoms with Gasteiger partial charge < -0.3 is 9.31 Å². The van der Waals surface area contributed by atoms with Gasteiger partial charge in [0.05, 0.1) is 22.4 Å². The second-order valence-corrected chi connectivity index (χ2v) is 12.9. The molecule has 1 aliphatic heterocycles. The fraction of sp³-hybridized carbons (Fsp3) is 0.150. The first-order valence-electron chi connectivity index (χ1n) is 15.5. The molecule has 1 aliphatic rings. The molecule has 0 aliphatic carbocycles. The third-order valence-corrected chi connectivity index (χ3v) is 9.54. The Bertz CT molecular complexity index is 2210. The summed E-state index contributed by atoms with van der Waals surface area (Å²) in [5.41, 5.74) is 7.47. The van der Waals surface area contributed by atoms with Gasteiger partial charge in [-0.05, 0) is 90.4 Å². The van der Waals surface area contributed by atoms with Crippen LogP contribution in [0.1, 0.15) is 27.7 Å². The van der Waals surface area contributed by atoms with Crippen LogP contribution >= 0.6 is 0 Å². The summed E-state index contributed by atoms with van der Waals surface area (Å²) in [6.45, 7) is 8.38. The van der Waals surface area contributed by atoms with E-state index in [4.69, 9.17) is 14.3 Å². The van der Waals surface area contributed by atoms with E-state index in [1.165, 1.54) is 16.2 Å². The van der Waals surface area contributed by atoms with Crippen LogP contribution in [0.5, 0.6) is 0 Å². The number of fused-ring (bicyclic) bond motifs is 5. The summed E-state index contributed by atoms with van der Waals surface area (Å²) in [6, 6.07) is 40.7. The van der Waals surface area contributed by atoms with Gasteiger partial charge in [0.25, 0.3) is 0 Å². The molecule has 0 amide bonds. The lowest BCUT2D eigenvalue weighted by molar-refractivity contribution is 0.00578. The van der Waals surface area contributed by atoms with Crippen LogP contribution in [0.15, 0.2) is 128 Å². The van der Waals surface area contributed by atoms with Crippen molar-refractivity contribution in [2.24, 2.45) is 0 Å². The molecule has 0 spiro atoms. The molecule has 1 saturated heterocycles. The Morgan fingerprint density at radius 3 is 1.93 bits per heavy atom. The molecular formula is C40H33BN2O2. The van der Waals surface area contributed by atoms with Crippen LogP contribution in [0.4, 0.5) is 0 Å². The van der Waals surface area contributed by atoms with Gasteiger partial charge in [-0.1, -0.05) is 91.0 Å². The molecule has 5 aromatic carbocycles. The van der Waals surface area contributed by atoms with Crippen molar-refractivity contribution in [3.8, 4) is 33.5 Å². The van der Waals surface area contributed by atoms with Gasteiger partial charge in [-0.2, -0.15) is 0 Å². The third-order valence-electron chi connectivity index (χ3n) is 9.54. The van der Waals surface area contributed by atoms with E-state index in [9.17, 15) is 0 Å². The van der Waals surface area contributed by atoms with Crippen molar-refractivity contribution in [1.82, 2.24) is 9.97 Å². The first-order valence-corrected chi connectivity index (χ1v) is 15.5. The smallest absolute Gasteiger partial charge is 0.399 e. The lowest BCUT2D eigenvalue weighted by atomic mass is 9.76. The van der Waals surface area contributed by atoms with E-state index in [-0.39, 0.29) is 0 Å². The molecule has 1 fully saturated rings. The molecule has 2 aromatic heterocycles. The fourth-order valence-electron chi connectivity index (χ4n) is 6.49. The van der Waals surface area contributed by atoms with E-state index in [2.05, 4.69) is 142 Å². The summed E-state index contributed by atoms with van der Waals surface area (Å²) in [5.74, 6) is 0. The summed E-state index contributed by atoms with van der Waals surface area (Å²) in [7, 11) is -0.498. The summed E-state index contributed by atoms with van der Waals surface area (Å²) in [5, 5.41) is 5.87. The van der Waals surface area contributed by atoms with Gasteiger partial charge >= 0.3 is 7.12 Å². The van der Waals surface area contributed by atoms with Gasteiger partial charge in [-0.15, -0.1) is 0 Å². The number of hydrogen-bond acceptors (Lipinski definition) is 4. The van der Waals surface area contributed by atoms with Crippen molar-refractivity contribution in [3.05, 3.63) is 128 Å². The summed E-state index contributed by atoms with van der Waals surface area (Å²) >= 11 is 0. The van der Waals surface area contributed by atoms with Crippen LogP contribution in [0.3, 0.4) is 0 Å². The lowest BCUT2D eigenvalue weighted by Gasteiger charge is -2.32. The van der Waals surface area contributed by atoms with E-state index in [0.717, 1.165) is 55.3 Å². The first-order chi connectivity index (χ1) is 21.8. The molecule has 8 rings (SSSR count). The van der Waals surface area contributed by atoms with Gasteiger partial charge in [0.15, 0.2) is 0 Å². The number of benzene rings is 5. The van der Waals surface area contributed by atoms with Gasteiger partial charge in [0.1, 0.15) is 0 Å². The number of hydrogen-bond donors (Lipinski definition) is 0. The van der Waals surface area contributed by atoms with Crippen LogP contribution in [0.2, 0.25) is 0 Å². The summed E-state index contributed by atoms with van der Waals surface area (Å²) < 4.78 is 13.1. The Hall–Kier alpha value is -4.84. The highest BCUT2D eigenvalue weighted by Crippen LogP contribution is 2.43. The van der Waals surface area contributed by atoms with Crippen molar-refractivity contribution in [2.75, 3.05) is 0 Å². The predicted octanol–water partition coefficient (Wildman–Crippen LogP) is 9.24. The molecule has 0 N–H and O–H groups in total. The maximum atomic E-state index is 6.57. The van der Waals surface area contributed by atoms with Gasteiger partial charge in [0, 0.05) is 34.1 Å². The van der Waals surface area contributed by atoms with Crippen LogP contribution in [-0.4, -0.2) is 28.3 Å². The van der Waals surface area contributed by atoms with Crippen molar-refractivity contribution < 1.29 is 9.31 Å². The zero-order valence-electron chi connectivity index (χ0n) is 25.9. The van der Waals surface area contributed by atoms with Gasteiger partial charge in [-0.25, -0.2) is 4.98 Å². The standard InChI is InChI=1S/C40H33BN2O2/c1-39(2)40(3,4)45-41(44-39)30-22-28(27-15-12-20-42-25-27)21-29(23-30)34-24-35-37(32-17-9-8-16-31(32)34)33-18-10-11-19-36(33)43-38(35)26-13-6-5-7-14-26/h5-25H,1-4H3. The van der Waals surface area contributed by atoms with Crippen molar-refractivity contribution in [3.63, 3.8) is 0 Å². The maximum absolute atomic E-state index is 6.57. The number of para-hydroxylation sites is 1. The highest BCUT2D eigenvalue weighted by molar-refractivity contribution is 6.62. The largest absolute Gasteiger partial charge is 0.494 e. The number of aromatic nitrogens is 2. The molecule has 0 unspecified atom stereocenters. The van der Waals surface area contributed by atoms with Crippen molar-refractivity contribution in [2.45, 2.75) is 38.9 Å². The number of rotatable bonds is 4. The Morgan fingerprint density at radius 1 is 0.556 bits per heavy atom. The zero-order chi connectivity index (χ0) is 30.8. The van der Waals surface area contributed by atoms with E-state index in [0.29, 0.717) is 0 Å². The molecule has 7 aromatic rings. The molecule has 0 atom stereocenters. The molecule has 0 saturated carbocycles. The Balaban J connectivity index is 1.45. The van der Waals surface area contributed by atoms with Gasteiger partial charge in [-0.3, -0.25) is 4.98 Å². The second-order valence-electron chi connectivity index (χ2n) is 12.9. The minimum Gasteiger partial charge on any atom is -0.399 e. The maximum Gasteiger partial charge on any atom is 0.494 e. The second kappa shape index (κ2) is 10.4. The molecule has 45 heavy (non-hydrogen) atoms. The molecule has 218 valence electrons. The molecule has 4 nitrogen and oxygen atoms in total. The van der Waals surface area contributed by atoms with Crippen LogP contribution in [0.25, 0.3) is 66.0 Å². The average Bonchev–Trinajstić information content (AvgIpc) is 3.30. The Kier molecular flexibility index (Phi) is 6.38. The van der Waals surface area contributed by atoms with Crippen molar-refractivity contribution >= 4 is 45.0 Å². The van der Waals surface area contributed by atoms with Crippen LogP contribution in [-0.2, 0) is 9.31 Å². The van der Waals surface area contributed by atoms with E-state index in [1.54, 1.807) is 0 Å². The van der Waals surface area contributed by atoms with Crippen LogP contribution in [0, 0.1) is 0 Å². The average molecular weight is 585 g/mol. The number of pyridine rings is 2. The van der Waals surface area contributed by atoms with Crippen LogP contribution < -0.4 is 5.46 Å². The molecular weight excluding hydrogens is 551 g/mol. The lowest BCUT2D eigenvalue weighted by Crippen LogP contribution is -2.41. The summed E-state index contributed by atoms with van der Waals surface area (Å²) in [4.78, 5) is 9.68. The first kappa shape index (κ1) is 27.7. The van der Waals surface area contributed by atoms with E-state index in [1.807, 2.05) is 18.5 Å². The highest BCUT2D eigenvalue weighted by Gasteiger charge is 2.51. The summed E-state index contributed by atoms with van der Waals surface area (Å²) in [6.07, 6.45) is 3.72. The molecule has 3 heterocycles. The van der Waals surface area contributed by atoms with Crippen molar-refractivity contribution in [1.29, 1.82) is 0 Å². The highest BCUT2D eigenvalue weighted by atomic mass is 16.7. The van der Waals surface area contributed by atoms with E-state index < -0.39 is 18.3 Å². The molecule has 0 bridgehead atoms. The molecule has 0 radical (unpaired) electrons. The Morgan fingerprint density at radius 2 is 1.20 bits per heavy atom. The van der Waals surface area contributed by atoms with Gasteiger partial charge in [0.2, 0.25) is 0 Å². The number of nitrogens with zero attached hydrogens (tertiary/aromatic N) is 2. The minimum absolute atomic E-state index is 0.449. The Labute approximate surface area is 263 Å². The fourth-order valence-corrected chi connectivity index (χ4v) is 6.49. The molecule has 5 heteroatoms. The quantitative estimate of drug-likeness (QED) is 0.153.